The Labute approximate surface area is 92.7 Å². The smallest absolute Gasteiger partial charge is 0.267 e. The number of nitrogens with one attached hydrogen (secondary N) is 2. The number of rotatable bonds is 2. The number of carbonyl (C=O) groups excluding carboxylic acids is 1. The highest BCUT2D eigenvalue weighted by Gasteiger charge is 2.10. The molecule has 1 heterocycles. The molecule has 0 bridgehead atoms. The van der Waals surface area contributed by atoms with E-state index in [4.69, 9.17) is 0 Å². The molecule has 0 atom stereocenters. The Kier molecular flexibility index (Phi) is 2.64. The summed E-state index contributed by atoms with van der Waals surface area (Å²) >= 11 is 0. The summed E-state index contributed by atoms with van der Waals surface area (Å²) in [5.41, 5.74) is 1.21. The minimum absolute atomic E-state index is 0.0793. The zero-order valence-corrected chi connectivity index (χ0v) is 9.17. The molecule has 16 heavy (non-hydrogen) atoms. The van der Waals surface area contributed by atoms with E-state index in [0.29, 0.717) is 11.1 Å². The number of halogens is 1. The first-order valence-electron chi connectivity index (χ1n) is 5.15. The fourth-order valence-corrected chi connectivity index (χ4v) is 1.57. The Hall–Kier alpha value is -1.84. The summed E-state index contributed by atoms with van der Waals surface area (Å²) in [6.07, 6.45) is 0. The van der Waals surface area contributed by atoms with Gasteiger partial charge in [-0.3, -0.25) is 4.79 Å². The van der Waals surface area contributed by atoms with Gasteiger partial charge in [-0.1, -0.05) is 0 Å². The molecule has 0 saturated heterocycles. The van der Waals surface area contributed by atoms with Crippen molar-refractivity contribution < 1.29 is 9.18 Å². The summed E-state index contributed by atoms with van der Waals surface area (Å²) in [5.74, 6) is -0.478. The fourth-order valence-electron chi connectivity index (χ4n) is 1.57. The average molecular weight is 220 g/mol. The van der Waals surface area contributed by atoms with Crippen molar-refractivity contribution in [3.8, 4) is 0 Å². The van der Waals surface area contributed by atoms with Crippen LogP contribution in [0.3, 0.4) is 0 Å². The highest BCUT2D eigenvalue weighted by atomic mass is 19.1. The SMILES string of the molecule is CC(C)NC(=O)c1cc2cc(F)ccc2[nH]1. The highest BCUT2D eigenvalue weighted by molar-refractivity contribution is 5.98. The standard InChI is InChI=1S/C12H13FN2O/c1-7(2)14-12(16)11-6-8-5-9(13)3-4-10(8)15-11/h3-7,15H,1-2H3,(H,14,16). The largest absolute Gasteiger partial charge is 0.351 e. The lowest BCUT2D eigenvalue weighted by molar-refractivity contribution is 0.0939. The molecule has 1 amide bonds. The zero-order chi connectivity index (χ0) is 11.7. The van der Waals surface area contributed by atoms with Crippen LogP contribution in [-0.2, 0) is 0 Å². The Morgan fingerprint density at radius 1 is 1.38 bits per heavy atom. The fraction of sp³-hybridized carbons (Fsp3) is 0.250. The van der Waals surface area contributed by atoms with Crippen LogP contribution in [0.25, 0.3) is 10.9 Å². The van der Waals surface area contributed by atoms with Crippen molar-refractivity contribution in [2.75, 3.05) is 0 Å². The molecule has 1 aromatic carbocycles. The van der Waals surface area contributed by atoms with Crippen LogP contribution in [0.5, 0.6) is 0 Å². The van der Waals surface area contributed by atoms with Gasteiger partial charge in [-0.2, -0.15) is 0 Å². The summed E-state index contributed by atoms with van der Waals surface area (Å²) in [6, 6.07) is 6.11. The first-order valence-corrected chi connectivity index (χ1v) is 5.15. The van der Waals surface area contributed by atoms with E-state index in [1.165, 1.54) is 12.1 Å². The lowest BCUT2D eigenvalue weighted by Crippen LogP contribution is -2.30. The first-order chi connectivity index (χ1) is 7.56. The van der Waals surface area contributed by atoms with Crippen molar-refractivity contribution in [3.05, 3.63) is 35.8 Å². The summed E-state index contributed by atoms with van der Waals surface area (Å²) in [6.45, 7) is 3.78. The molecule has 0 spiro atoms. The molecule has 0 saturated carbocycles. The number of hydrogen-bond acceptors (Lipinski definition) is 1. The molecule has 3 nitrogen and oxygen atoms in total. The molecule has 2 N–H and O–H groups in total. The van der Waals surface area contributed by atoms with Gasteiger partial charge in [0.2, 0.25) is 0 Å². The second kappa shape index (κ2) is 3.96. The van der Waals surface area contributed by atoms with Gasteiger partial charge in [0.05, 0.1) is 0 Å². The number of benzene rings is 1. The van der Waals surface area contributed by atoms with E-state index in [0.717, 1.165) is 5.52 Å². The number of aromatic nitrogens is 1. The van der Waals surface area contributed by atoms with Gasteiger partial charge >= 0.3 is 0 Å². The molecular weight excluding hydrogens is 207 g/mol. The van der Waals surface area contributed by atoms with Crippen molar-refractivity contribution in [1.82, 2.24) is 10.3 Å². The van der Waals surface area contributed by atoms with E-state index in [-0.39, 0.29) is 17.8 Å². The van der Waals surface area contributed by atoms with Crippen LogP contribution < -0.4 is 5.32 Å². The number of aromatic amines is 1. The van der Waals surface area contributed by atoms with Crippen molar-refractivity contribution in [2.24, 2.45) is 0 Å². The Morgan fingerprint density at radius 3 is 2.81 bits per heavy atom. The Balaban J connectivity index is 2.36. The van der Waals surface area contributed by atoms with Crippen LogP contribution in [0.2, 0.25) is 0 Å². The molecule has 0 aliphatic rings. The lowest BCUT2D eigenvalue weighted by Gasteiger charge is -2.05. The third-order valence-corrected chi connectivity index (χ3v) is 2.25. The highest BCUT2D eigenvalue weighted by Crippen LogP contribution is 2.16. The van der Waals surface area contributed by atoms with Gasteiger partial charge in [-0.15, -0.1) is 0 Å². The molecule has 1 aromatic heterocycles. The topological polar surface area (TPSA) is 44.9 Å². The van der Waals surface area contributed by atoms with E-state index in [1.54, 1.807) is 12.1 Å². The predicted octanol–water partition coefficient (Wildman–Crippen LogP) is 2.45. The maximum atomic E-state index is 12.9. The third-order valence-electron chi connectivity index (χ3n) is 2.25. The van der Waals surface area contributed by atoms with Crippen LogP contribution in [0, 0.1) is 5.82 Å². The molecule has 2 rings (SSSR count). The zero-order valence-electron chi connectivity index (χ0n) is 9.17. The minimum atomic E-state index is -0.303. The summed E-state index contributed by atoms with van der Waals surface area (Å²) in [7, 11) is 0. The molecule has 0 fully saturated rings. The van der Waals surface area contributed by atoms with Gasteiger partial charge in [0.1, 0.15) is 11.5 Å². The number of fused-ring (bicyclic) bond motifs is 1. The van der Waals surface area contributed by atoms with E-state index in [2.05, 4.69) is 10.3 Å². The number of hydrogen-bond donors (Lipinski definition) is 2. The summed E-state index contributed by atoms with van der Waals surface area (Å²) < 4.78 is 12.9. The molecule has 0 aliphatic heterocycles. The van der Waals surface area contributed by atoms with Crippen molar-refractivity contribution in [1.29, 1.82) is 0 Å². The van der Waals surface area contributed by atoms with Crippen LogP contribution >= 0.6 is 0 Å². The van der Waals surface area contributed by atoms with Gasteiger partial charge in [0, 0.05) is 16.9 Å². The van der Waals surface area contributed by atoms with Crippen LogP contribution in [0.15, 0.2) is 24.3 Å². The molecule has 0 aliphatic carbocycles. The maximum Gasteiger partial charge on any atom is 0.267 e. The molecule has 4 heteroatoms. The van der Waals surface area contributed by atoms with E-state index >= 15 is 0 Å². The lowest BCUT2D eigenvalue weighted by atomic mass is 10.2. The molecule has 0 unspecified atom stereocenters. The third kappa shape index (κ3) is 2.05. The average Bonchev–Trinajstić information content (AvgIpc) is 2.59. The predicted molar refractivity (Wildman–Crippen MR) is 60.9 cm³/mol. The van der Waals surface area contributed by atoms with E-state index in [1.807, 2.05) is 13.8 Å². The summed E-state index contributed by atoms with van der Waals surface area (Å²) in [4.78, 5) is 14.6. The quantitative estimate of drug-likeness (QED) is 0.802. The van der Waals surface area contributed by atoms with Crippen LogP contribution in [-0.4, -0.2) is 16.9 Å². The second-order valence-corrected chi connectivity index (χ2v) is 4.04. The maximum absolute atomic E-state index is 12.9. The number of carbonyl (C=O) groups is 1. The Morgan fingerprint density at radius 2 is 2.12 bits per heavy atom. The van der Waals surface area contributed by atoms with Crippen molar-refractivity contribution >= 4 is 16.8 Å². The van der Waals surface area contributed by atoms with Crippen LogP contribution in [0.1, 0.15) is 24.3 Å². The normalized spacial score (nSPS) is 11.0. The van der Waals surface area contributed by atoms with Gasteiger partial charge in [0.25, 0.3) is 5.91 Å². The summed E-state index contributed by atoms with van der Waals surface area (Å²) in [5, 5.41) is 3.47. The monoisotopic (exact) mass is 220 g/mol. The van der Waals surface area contributed by atoms with Crippen LogP contribution in [0.4, 0.5) is 4.39 Å². The number of H-pyrrole nitrogens is 1. The Bertz CT molecular complexity index is 531. The van der Waals surface area contributed by atoms with Crippen molar-refractivity contribution in [3.63, 3.8) is 0 Å². The van der Waals surface area contributed by atoms with Crippen molar-refractivity contribution in [2.45, 2.75) is 19.9 Å². The second-order valence-electron chi connectivity index (χ2n) is 4.04. The minimum Gasteiger partial charge on any atom is -0.351 e. The van der Waals surface area contributed by atoms with E-state index in [9.17, 15) is 9.18 Å². The molecule has 2 aromatic rings. The van der Waals surface area contributed by atoms with E-state index < -0.39 is 0 Å². The molecule has 84 valence electrons. The van der Waals surface area contributed by atoms with Gasteiger partial charge in [-0.25, -0.2) is 4.39 Å². The molecular formula is C12H13FN2O. The van der Waals surface area contributed by atoms with Gasteiger partial charge in [0.15, 0.2) is 0 Å². The first kappa shape index (κ1) is 10.7. The van der Waals surface area contributed by atoms with Gasteiger partial charge < -0.3 is 10.3 Å². The number of amides is 1. The van der Waals surface area contributed by atoms with Gasteiger partial charge in [-0.05, 0) is 38.1 Å². The molecule has 0 radical (unpaired) electrons.